The first-order valence-corrected chi connectivity index (χ1v) is 17.8. The molecule has 268 valence electrons. The second-order valence-corrected chi connectivity index (χ2v) is 12.9. The highest BCUT2D eigenvalue weighted by Crippen LogP contribution is 2.30. The SMILES string of the molecule is CCCCCCCOc1ccc(C(=O)Oc2ccc(CC(NC(=O)c3ccc(NC(=O)CCC4CCCCC4)cc3)C(=O)O)cc2OC)cc1. The van der Waals surface area contributed by atoms with Gasteiger partial charge >= 0.3 is 11.9 Å². The molecule has 1 fully saturated rings. The number of anilines is 1. The number of hydrogen-bond donors (Lipinski definition) is 3. The Morgan fingerprint density at radius 1 is 0.840 bits per heavy atom. The number of unbranched alkanes of at least 4 members (excludes halogenated alkanes) is 4. The molecule has 0 aromatic heterocycles. The molecular weight excluding hydrogens is 636 g/mol. The fourth-order valence-corrected chi connectivity index (χ4v) is 6.08. The first-order chi connectivity index (χ1) is 24.2. The van der Waals surface area contributed by atoms with E-state index < -0.39 is 23.9 Å². The Kier molecular flexibility index (Phi) is 15.2. The summed E-state index contributed by atoms with van der Waals surface area (Å²) in [5, 5.41) is 15.3. The monoisotopic (exact) mass is 686 g/mol. The van der Waals surface area contributed by atoms with E-state index in [0.29, 0.717) is 41.5 Å². The molecule has 1 saturated carbocycles. The van der Waals surface area contributed by atoms with Crippen molar-refractivity contribution in [1.29, 1.82) is 0 Å². The van der Waals surface area contributed by atoms with Crippen molar-refractivity contribution in [3.63, 3.8) is 0 Å². The lowest BCUT2D eigenvalue weighted by Gasteiger charge is -2.21. The number of ether oxygens (including phenoxy) is 3. The number of carbonyl (C=O) groups excluding carboxylic acids is 3. The lowest BCUT2D eigenvalue weighted by molar-refractivity contribution is -0.139. The van der Waals surface area contributed by atoms with Gasteiger partial charge in [-0.3, -0.25) is 9.59 Å². The van der Waals surface area contributed by atoms with Gasteiger partial charge in [0.2, 0.25) is 5.91 Å². The maximum absolute atomic E-state index is 13.0. The summed E-state index contributed by atoms with van der Waals surface area (Å²) in [6.07, 6.45) is 13.2. The average molecular weight is 687 g/mol. The molecule has 0 heterocycles. The van der Waals surface area contributed by atoms with Gasteiger partial charge in [0.25, 0.3) is 5.91 Å². The van der Waals surface area contributed by atoms with Crippen molar-refractivity contribution < 1.29 is 38.5 Å². The van der Waals surface area contributed by atoms with Crippen LogP contribution in [0.2, 0.25) is 0 Å². The number of methoxy groups -OCH3 is 1. The van der Waals surface area contributed by atoms with Gasteiger partial charge in [0.05, 0.1) is 19.3 Å². The zero-order valence-corrected chi connectivity index (χ0v) is 29.2. The van der Waals surface area contributed by atoms with Crippen LogP contribution in [0.1, 0.15) is 110 Å². The van der Waals surface area contributed by atoms with Crippen LogP contribution in [0, 0.1) is 5.92 Å². The van der Waals surface area contributed by atoms with E-state index in [4.69, 9.17) is 14.2 Å². The number of amides is 2. The number of carboxylic acids is 1. The maximum Gasteiger partial charge on any atom is 0.343 e. The Morgan fingerprint density at radius 2 is 1.54 bits per heavy atom. The molecule has 0 bridgehead atoms. The number of hydrogen-bond acceptors (Lipinski definition) is 7. The van der Waals surface area contributed by atoms with Gasteiger partial charge in [-0.25, -0.2) is 9.59 Å². The van der Waals surface area contributed by atoms with E-state index in [-0.39, 0.29) is 29.4 Å². The van der Waals surface area contributed by atoms with Crippen LogP contribution in [0.15, 0.2) is 66.7 Å². The number of benzene rings is 3. The van der Waals surface area contributed by atoms with Gasteiger partial charge in [-0.1, -0.05) is 70.8 Å². The second kappa shape index (κ2) is 20.0. The first kappa shape index (κ1) is 38.0. The third kappa shape index (κ3) is 12.2. The van der Waals surface area contributed by atoms with Gasteiger partial charge in [0, 0.05) is 24.1 Å². The third-order valence-corrected chi connectivity index (χ3v) is 9.02. The number of esters is 1. The van der Waals surface area contributed by atoms with Crippen molar-refractivity contribution in [3.8, 4) is 17.2 Å². The van der Waals surface area contributed by atoms with Crippen LogP contribution in [0.3, 0.4) is 0 Å². The van der Waals surface area contributed by atoms with Crippen LogP contribution < -0.4 is 24.8 Å². The topological polar surface area (TPSA) is 140 Å². The van der Waals surface area contributed by atoms with Crippen LogP contribution in [0.25, 0.3) is 0 Å². The van der Waals surface area contributed by atoms with E-state index >= 15 is 0 Å². The minimum Gasteiger partial charge on any atom is -0.494 e. The Morgan fingerprint density at radius 3 is 2.22 bits per heavy atom. The van der Waals surface area contributed by atoms with Gasteiger partial charge in [0.1, 0.15) is 11.8 Å². The van der Waals surface area contributed by atoms with Crippen LogP contribution >= 0.6 is 0 Å². The summed E-state index contributed by atoms with van der Waals surface area (Å²) >= 11 is 0. The molecule has 0 spiro atoms. The van der Waals surface area contributed by atoms with E-state index in [1.54, 1.807) is 60.7 Å². The molecule has 3 N–H and O–H groups in total. The van der Waals surface area contributed by atoms with Gasteiger partial charge in [-0.15, -0.1) is 0 Å². The van der Waals surface area contributed by atoms with Crippen LogP contribution in [-0.2, 0) is 16.0 Å². The largest absolute Gasteiger partial charge is 0.494 e. The zero-order chi connectivity index (χ0) is 35.7. The van der Waals surface area contributed by atoms with Crippen LogP contribution in [0.4, 0.5) is 5.69 Å². The third-order valence-electron chi connectivity index (χ3n) is 9.02. The first-order valence-electron chi connectivity index (χ1n) is 17.8. The molecule has 1 aliphatic rings. The summed E-state index contributed by atoms with van der Waals surface area (Å²) in [6, 6.07) is 16.6. The molecule has 1 atom stereocenters. The van der Waals surface area contributed by atoms with Crippen LogP contribution in [-0.4, -0.2) is 48.6 Å². The lowest BCUT2D eigenvalue weighted by Crippen LogP contribution is -2.42. The molecular formula is C40H50N2O8. The van der Waals surface area contributed by atoms with Crippen LogP contribution in [0.5, 0.6) is 17.2 Å². The Balaban J connectivity index is 1.28. The summed E-state index contributed by atoms with van der Waals surface area (Å²) in [6.45, 7) is 2.80. The fourth-order valence-electron chi connectivity index (χ4n) is 6.08. The van der Waals surface area contributed by atoms with E-state index in [1.807, 2.05) is 0 Å². The molecule has 2 amide bonds. The maximum atomic E-state index is 13.0. The number of carbonyl (C=O) groups is 4. The predicted molar refractivity (Wildman–Crippen MR) is 192 cm³/mol. The fraction of sp³-hybridized carbons (Fsp3) is 0.450. The van der Waals surface area contributed by atoms with Crippen molar-refractivity contribution in [3.05, 3.63) is 83.4 Å². The highest BCUT2D eigenvalue weighted by molar-refractivity contribution is 5.97. The van der Waals surface area contributed by atoms with Crippen molar-refractivity contribution in [2.24, 2.45) is 5.92 Å². The minimum absolute atomic E-state index is 0.0408. The summed E-state index contributed by atoms with van der Waals surface area (Å²) in [4.78, 5) is 50.4. The Bertz CT molecular complexity index is 1550. The molecule has 0 saturated heterocycles. The van der Waals surface area contributed by atoms with Crippen molar-refractivity contribution in [1.82, 2.24) is 5.32 Å². The molecule has 4 rings (SSSR count). The molecule has 0 aliphatic heterocycles. The molecule has 1 aliphatic carbocycles. The molecule has 3 aromatic rings. The van der Waals surface area contributed by atoms with Gasteiger partial charge in [-0.05, 0) is 85.0 Å². The molecule has 50 heavy (non-hydrogen) atoms. The smallest absolute Gasteiger partial charge is 0.343 e. The molecule has 0 radical (unpaired) electrons. The van der Waals surface area contributed by atoms with Crippen molar-refractivity contribution in [2.45, 2.75) is 96.4 Å². The predicted octanol–water partition coefficient (Wildman–Crippen LogP) is 7.99. The molecule has 3 aromatic carbocycles. The van der Waals surface area contributed by atoms with Gasteiger partial charge in [0.15, 0.2) is 11.5 Å². The van der Waals surface area contributed by atoms with Crippen molar-refractivity contribution in [2.75, 3.05) is 19.0 Å². The van der Waals surface area contributed by atoms with E-state index in [9.17, 15) is 24.3 Å². The second-order valence-electron chi connectivity index (χ2n) is 12.9. The molecule has 10 nitrogen and oxygen atoms in total. The lowest BCUT2D eigenvalue weighted by atomic mass is 9.86. The summed E-state index contributed by atoms with van der Waals surface area (Å²) < 4.78 is 16.8. The molecule has 1 unspecified atom stereocenters. The molecule has 10 heteroatoms. The summed E-state index contributed by atoms with van der Waals surface area (Å²) in [5.74, 6) is -0.702. The summed E-state index contributed by atoms with van der Waals surface area (Å²) in [5.41, 5.74) is 1.73. The zero-order valence-electron chi connectivity index (χ0n) is 29.2. The van der Waals surface area contributed by atoms with Gasteiger partial charge in [-0.2, -0.15) is 0 Å². The number of carboxylic acid groups (broad SMARTS) is 1. The highest BCUT2D eigenvalue weighted by Gasteiger charge is 2.23. The summed E-state index contributed by atoms with van der Waals surface area (Å²) in [7, 11) is 1.42. The number of aliphatic carboxylic acids is 1. The van der Waals surface area contributed by atoms with E-state index in [2.05, 4.69) is 17.6 Å². The van der Waals surface area contributed by atoms with E-state index in [1.165, 1.54) is 64.5 Å². The number of nitrogens with one attached hydrogen (secondary N) is 2. The van der Waals surface area contributed by atoms with Crippen molar-refractivity contribution >= 4 is 29.4 Å². The van der Waals surface area contributed by atoms with Gasteiger partial charge < -0.3 is 30.0 Å². The Labute approximate surface area is 294 Å². The normalized spacial score (nSPS) is 13.6. The average Bonchev–Trinajstić information content (AvgIpc) is 3.13. The Hall–Kier alpha value is -4.86. The highest BCUT2D eigenvalue weighted by atomic mass is 16.6. The standard InChI is InChI=1S/C40H50N2O8/c1-3-4-5-6-10-25-49-33-21-17-31(18-22-33)40(47)50-35-23-13-29(27-36(35)48-2)26-34(39(45)46)42-38(44)30-15-19-32(20-16-30)41-37(43)24-14-28-11-8-7-9-12-28/h13,15-23,27-28,34H,3-12,14,24-26H2,1-2H3,(H,41,43)(H,42,44)(H,45,46). The van der Waals surface area contributed by atoms with E-state index in [0.717, 1.165) is 19.3 Å². The quantitative estimate of drug-likeness (QED) is 0.0655. The minimum atomic E-state index is -1.24. The number of rotatable bonds is 19.